The molecular weight excluding hydrogens is 244 g/mol. The molecule has 1 aromatic carbocycles. The molecule has 0 aliphatic carbocycles. The third kappa shape index (κ3) is 3.21. The Morgan fingerprint density at radius 3 is 2.95 bits per heavy atom. The molecule has 2 aromatic rings. The standard InChI is InChI=1S/C18H22N2/c1-4-6-8-17(19-10-7-5-2)16-12-14(3)18-15(13-16)9-11-20-18/h4,6-13,19-20H,5H2,1-3H3/b6-4+,10-7+,17-8-. The van der Waals surface area contributed by atoms with Gasteiger partial charge in [0.25, 0.3) is 0 Å². The molecule has 0 bridgehead atoms. The van der Waals surface area contributed by atoms with Crippen molar-refractivity contribution in [2.45, 2.75) is 27.2 Å². The monoisotopic (exact) mass is 266 g/mol. The Kier molecular flexibility index (Phi) is 4.83. The summed E-state index contributed by atoms with van der Waals surface area (Å²) in [5.74, 6) is 0. The number of benzene rings is 1. The van der Waals surface area contributed by atoms with E-state index in [0.717, 1.165) is 12.1 Å². The second kappa shape index (κ2) is 6.80. The molecule has 20 heavy (non-hydrogen) atoms. The van der Waals surface area contributed by atoms with Gasteiger partial charge in [-0.15, -0.1) is 0 Å². The third-order valence-corrected chi connectivity index (χ3v) is 3.22. The molecule has 0 radical (unpaired) electrons. The van der Waals surface area contributed by atoms with Crippen LogP contribution in [0.1, 0.15) is 31.4 Å². The Bertz CT molecular complexity index is 657. The van der Waals surface area contributed by atoms with Crippen molar-refractivity contribution in [1.29, 1.82) is 0 Å². The topological polar surface area (TPSA) is 27.8 Å². The summed E-state index contributed by atoms with van der Waals surface area (Å²) >= 11 is 0. The van der Waals surface area contributed by atoms with Crippen LogP contribution in [0.5, 0.6) is 0 Å². The zero-order chi connectivity index (χ0) is 14.4. The van der Waals surface area contributed by atoms with Gasteiger partial charge in [0.15, 0.2) is 0 Å². The molecule has 104 valence electrons. The predicted octanol–water partition coefficient (Wildman–Crippen LogP) is 4.91. The van der Waals surface area contributed by atoms with E-state index in [1.807, 2.05) is 25.4 Å². The van der Waals surface area contributed by atoms with E-state index in [2.05, 4.69) is 60.6 Å². The van der Waals surface area contributed by atoms with E-state index in [1.165, 1.54) is 22.0 Å². The summed E-state index contributed by atoms with van der Waals surface area (Å²) in [7, 11) is 0. The first-order valence-electron chi connectivity index (χ1n) is 7.09. The lowest BCUT2D eigenvalue weighted by Gasteiger charge is -2.09. The maximum atomic E-state index is 3.37. The Labute approximate surface area is 120 Å². The molecule has 1 aromatic heterocycles. The Hall–Kier alpha value is -2.22. The van der Waals surface area contributed by atoms with Crippen LogP contribution in [0.25, 0.3) is 16.6 Å². The first kappa shape index (κ1) is 14.2. The van der Waals surface area contributed by atoms with E-state index in [1.54, 1.807) is 0 Å². The molecule has 2 nitrogen and oxygen atoms in total. The molecule has 0 spiro atoms. The molecule has 0 aliphatic rings. The quantitative estimate of drug-likeness (QED) is 0.740. The van der Waals surface area contributed by atoms with Crippen LogP contribution >= 0.6 is 0 Å². The largest absolute Gasteiger partial charge is 0.362 e. The van der Waals surface area contributed by atoms with Gasteiger partial charge in [-0.1, -0.05) is 25.2 Å². The second-order valence-corrected chi connectivity index (χ2v) is 4.80. The van der Waals surface area contributed by atoms with Gasteiger partial charge in [0.2, 0.25) is 0 Å². The second-order valence-electron chi connectivity index (χ2n) is 4.80. The average Bonchev–Trinajstić information content (AvgIpc) is 2.91. The number of hydrogen-bond acceptors (Lipinski definition) is 1. The van der Waals surface area contributed by atoms with Crippen molar-refractivity contribution < 1.29 is 0 Å². The van der Waals surface area contributed by atoms with E-state index in [4.69, 9.17) is 0 Å². The Morgan fingerprint density at radius 1 is 1.35 bits per heavy atom. The minimum Gasteiger partial charge on any atom is -0.362 e. The van der Waals surface area contributed by atoms with Gasteiger partial charge >= 0.3 is 0 Å². The summed E-state index contributed by atoms with van der Waals surface area (Å²) < 4.78 is 0. The number of rotatable bonds is 5. The molecule has 0 fully saturated rings. The summed E-state index contributed by atoms with van der Waals surface area (Å²) in [4.78, 5) is 3.28. The first-order chi connectivity index (χ1) is 9.76. The first-order valence-corrected chi connectivity index (χ1v) is 7.09. The lowest BCUT2D eigenvalue weighted by atomic mass is 10.0. The minimum absolute atomic E-state index is 1.03. The minimum atomic E-state index is 1.03. The summed E-state index contributed by atoms with van der Waals surface area (Å²) in [6.07, 6.45) is 13.3. The lowest BCUT2D eigenvalue weighted by Crippen LogP contribution is -2.03. The molecule has 2 N–H and O–H groups in total. The molecular formula is C18H22N2. The molecule has 0 saturated heterocycles. The molecule has 2 rings (SSSR count). The Morgan fingerprint density at radius 2 is 2.20 bits per heavy atom. The normalized spacial score (nSPS) is 12.8. The highest BCUT2D eigenvalue weighted by Gasteiger charge is 2.05. The highest BCUT2D eigenvalue weighted by atomic mass is 14.8. The van der Waals surface area contributed by atoms with Crippen LogP contribution in [0, 0.1) is 6.92 Å². The summed E-state index contributed by atoms with van der Waals surface area (Å²) in [6.45, 7) is 6.29. The fraction of sp³-hybridized carbons (Fsp3) is 0.222. The van der Waals surface area contributed by atoms with Crippen molar-refractivity contribution in [3.8, 4) is 0 Å². The van der Waals surface area contributed by atoms with E-state index in [-0.39, 0.29) is 0 Å². The van der Waals surface area contributed by atoms with Crippen LogP contribution in [0.4, 0.5) is 0 Å². The number of H-pyrrole nitrogens is 1. The van der Waals surface area contributed by atoms with Crippen LogP contribution < -0.4 is 5.32 Å². The van der Waals surface area contributed by atoms with E-state index in [9.17, 15) is 0 Å². The number of fused-ring (bicyclic) bond motifs is 1. The van der Waals surface area contributed by atoms with Crippen LogP contribution in [0.2, 0.25) is 0 Å². The third-order valence-electron chi connectivity index (χ3n) is 3.22. The predicted molar refractivity (Wildman–Crippen MR) is 88.4 cm³/mol. The van der Waals surface area contributed by atoms with Gasteiger partial charge in [-0.25, -0.2) is 0 Å². The van der Waals surface area contributed by atoms with Gasteiger partial charge in [0.1, 0.15) is 0 Å². The van der Waals surface area contributed by atoms with E-state index in [0.29, 0.717) is 0 Å². The van der Waals surface area contributed by atoms with E-state index < -0.39 is 0 Å². The summed E-state index contributed by atoms with van der Waals surface area (Å²) in [5.41, 5.74) is 4.78. The van der Waals surface area contributed by atoms with Crippen molar-refractivity contribution in [3.05, 3.63) is 66.0 Å². The fourth-order valence-electron chi connectivity index (χ4n) is 2.20. The lowest BCUT2D eigenvalue weighted by molar-refractivity contribution is 1.15. The van der Waals surface area contributed by atoms with Crippen LogP contribution in [0.15, 0.2) is 54.9 Å². The van der Waals surface area contributed by atoms with Crippen molar-refractivity contribution >= 4 is 16.6 Å². The number of aryl methyl sites for hydroxylation is 1. The van der Waals surface area contributed by atoms with Crippen molar-refractivity contribution in [2.24, 2.45) is 0 Å². The molecule has 0 unspecified atom stereocenters. The molecule has 0 aliphatic heterocycles. The highest BCUT2D eigenvalue weighted by Crippen LogP contribution is 2.23. The zero-order valence-electron chi connectivity index (χ0n) is 12.4. The molecule has 0 atom stereocenters. The number of hydrogen-bond donors (Lipinski definition) is 2. The van der Waals surface area contributed by atoms with Crippen LogP contribution in [0.3, 0.4) is 0 Å². The van der Waals surface area contributed by atoms with Gasteiger partial charge in [-0.05, 0) is 61.9 Å². The van der Waals surface area contributed by atoms with Gasteiger partial charge < -0.3 is 10.3 Å². The van der Waals surface area contributed by atoms with E-state index >= 15 is 0 Å². The number of allylic oxidation sites excluding steroid dienone is 4. The van der Waals surface area contributed by atoms with Gasteiger partial charge in [0, 0.05) is 22.8 Å². The molecule has 2 heteroatoms. The number of aromatic amines is 1. The molecule has 0 saturated carbocycles. The summed E-state index contributed by atoms with van der Waals surface area (Å²) in [6, 6.07) is 6.53. The number of aromatic nitrogens is 1. The van der Waals surface area contributed by atoms with Gasteiger partial charge in [-0.2, -0.15) is 0 Å². The van der Waals surface area contributed by atoms with Crippen molar-refractivity contribution in [1.82, 2.24) is 10.3 Å². The average molecular weight is 266 g/mol. The van der Waals surface area contributed by atoms with Crippen LogP contribution in [-0.4, -0.2) is 4.98 Å². The van der Waals surface area contributed by atoms with Gasteiger partial charge in [0.05, 0.1) is 0 Å². The molecule has 1 heterocycles. The Balaban J connectivity index is 2.41. The van der Waals surface area contributed by atoms with Crippen molar-refractivity contribution in [3.63, 3.8) is 0 Å². The highest BCUT2D eigenvalue weighted by molar-refractivity contribution is 5.86. The van der Waals surface area contributed by atoms with Crippen LogP contribution in [-0.2, 0) is 0 Å². The maximum absolute atomic E-state index is 3.37. The SMILES string of the molecule is C/C=C/C=C(\N/C=C/CC)c1cc(C)c2[nH]ccc2c1. The smallest absolute Gasteiger partial charge is 0.0484 e. The summed E-state index contributed by atoms with van der Waals surface area (Å²) in [5, 5.41) is 4.62. The zero-order valence-corrected chi connectivity index (χ0v) is 12.4. The fourth-order valence-corrected chi connectivity index (χ4v) is 2.20. The van der Waals surface area contributed by atoms with Crippen molar-refractivity contribution in [2.75, 3.05) is 0 Å². The molecule has 0 amide bonds. The van der Waals surface area contributed by atoms with Gasteiger partial charge in [-0.3, -0.25) is 0 Å². The maximum Gasteiger partial charge on any atom is 0.0484 e. The number of nitrogens with one attached hydrogen (secondary N) is 2.